The van der Waals surface area contributed by atoms with Gasteiger partial charge in [-0.05, 0) is 13.0 Å². The van der Waals surface area contributed by atoms with Crippen LogP contribution in [0.15, 0.2) is 24.8 Å². The molecule has 4 rings (SSSR count). The number of amides is 1. The summed E-state index contributed by atoms with van der Waals surface area (Å²) in [6.07, 6.45) is 0.928. The highest BCUT2D eigenvalue weighted by atomic mass is 19.3. The van der Waals surface area contributed by atoms with Crippen molar-refractivity contribution in [2.45, 2.75) is 39.0 Å². The SMILES string of the molecule is C[C@@H](Oc1nc(-c2cnn(CC(F)F)c2)cc2ncn(C(F)F)c12)C1CNC(=O)C1. The standard InChI is InChI=1S/C18H18F4N6O2/c1-9(10-2-15(29)23-4-10)30-17-16-13(24-8-28(16)18(21)22)3-12(26-17)11-5-25-27(6-11)7-14(19)20/h3,5-6,8-10,14,18H,2,4,7H2,1H3,(H,23,29)/t9-,10?/m1/s1. The Balaban J connectivity index is 1.73. The number of carbonyl (C=O) groups is 1. The molecule has 0 saturated carbocycles. The highest BCUT2D eigenvalue weighted by molar-refractivity contribution is 5.84. The lowest BCUT2D eigenvalue weighted by molar-refractivity contribution is -0.119. The van der Waals surface area contributed by atoms with E-state index in [-0.39, 0.29) is 35.2 Å². The topological polar surface area (TPSA) is 86.9 Å². The number of aromatic nitrogens is 5. The minimum atomic E-state index is -2.86. The Kier molecular flexibility index (Phi) is 5.31. The third-order valence-electron chi connectivity index (χ3n) is 4.95. The summed E-state index contributed by atoms with van der Waals surface area (Å²) in [5.74, 6) is -0.324. The third-order valence-corrected chi connectivity index (χ3v) is 4.95. The summed E-state index contributed by atoms with van der Waals surface area (Å²) < 4.78 is 59.7. The van der Waals surface area contributed by atoms with Crippen LogP contribution in [0.1, 0.15) is 19.9 Å². The van der Waals surface area contributed by atoms with Crippen molar-refractivity contribution in [2.75, 3.05) is 6.54 Å². The van der Waals surface area contributed by atoms with Gasteiger partial charge in [-0.1, -0.05) is 0 Å². The first-order valence-electron chi connectivity index (χ1n) is 9.22. The van der Waals surface area contributed by atoms with E-state index in [1.54, 1.807) is 6.92 Å². The number of nitrogens with zero attached hydrogens (tertiary/aromatic N) is 5. The number of pyridine rings is 1. The number of ether oxygens (including phenoxy) is 1. The number of alkyl halides is 4. The van der Waals surface area contributed by atoms with Gasteiger partial charge in [-0.3, -0.25) is 14.0 Å². The van der Waals surface area contributed by atoms with E-state index in [0.29, 0.717) is 22.4 Å². The molecule has 3 aromatic heterocycles. The molecule has 12 heteroatoms. The van der Waals surface area contributed by atoms with Crippen molar-refractivity contribution in [3.05, 3.63) is 24.8 Å². The molecule has 8 nitrogen and oxygen atoms in total. The van der Waals surface area contributed by atoms with Crippen LogP contribution in [0.3, 0.4) is 0 Å². The van der Waals surface area contributed by atoms with Crippen molar-refractivity contribution >= 4 is 16.9 Å². The second kappa shape index (κ2) is 7.92. The largest absolute Gasteiger partial charge is 0.473 e. The van der Waals surface area contributed by atoms with Crippen molar-refractivity contribution in [1.82, 2.24) is 29.6 Å². The van der Waals surface area contributed by atoms with E-state index in [2.05, 4.69) is 20.4 Å². The molecule has 1 saturated heterocycles. The van der Waals surface area contributed by atoms with Crippen molar-refractivity contribution in [3.63, 3.8) is 0 Å². The maximum absolute atomic E-state index is 13.4. The monoisotopic (exact) mass is 426 g/mol. The lowest BCUT2D eigenvalue weighted by Gasteiger charge is -2.20. The van der Waals surface area contributed by atoms with E-state index in [9.17, 15) is 22.4 Å². The van der Waals surface area contributed by atoms with E-state index in [1.807, 2.05) is 0 Å². The molecule has 1 amide bonds. The molecule has 1 unspecified atom stereocenters. The van der Waals surface area contributed by atoms with Crippen LogP contribution in [-0.2, 0) is 11.3 Å². The Bertz CT molecular complexity index is 1070. The van der Waals surface area contributed by atoms with Gasteiger partial charge in [0.15, 0.2) is 0 Å². The summed E-state index contributed by atoms with van der Waals surface area (Å²) in [6, 6.07) is 1.47. The van der Waals surface area contributed by atoms with E-state index < -0.39 is 25.6 Å². The van der Waals surface area contributed by atoms with Crippen LogP contribution < -0.4 is 10.1 Å². The summed E-state index contributed by atoms with van der Waals surface area (Å²) in [5, 5.41) is 6.58. The average Bonchev–Trinajstić information content (AvgIpc) is 3.40. The number of hydrogen-bond donors (Lipinski definition) is 1. The van der Waals surface area contributed by atoms with Gasteiger partial charge in [0.25, 0.3) is 6.43 Å². The Labute approximate surface area is 167 Å². The number of halogens is 4. The van der Waals surface area contributed by atoms with E-state index in [1.165, 1.54) is 18.5 Å². The molecule has 1 aliphatic heterocycles. The molecular weight excluding hydrogens is 408 g/mol. The normalized spacial score (nSPS) is 17.8. The summed E-state index contributed by atoms with van der Waals surface area (Å²) in [6.45, 7) is -1.29. The number of hydrogen-bond acceptors (Lipinski definition) is 5. The Morgan fingerprint density at radius 1 is 1.33 bits per heavy atom. The molecule has 1 N–H and O–H groups in total. The van der Waals surface area contributed by atoms with Gasteiger partial charge in [-0.2, -0.15) is 13.9 Å². The first-order valence-corrected chi connectivity index (χ1v) is 9.22. The summed E-state index contributed by atoms with van der Waals surface area (Å²) in [7, 11) is 0. The van der Waals surface area contributed by atoms with Gasteiger partial charge in [0, 0.05) is 30.6 Å². The predicted molar refractivity (Wildman–Crippen MR) is 97.2 cm³/mol. The van der Waals surface area contributed by atoms with Crippen molar-refractivity contribution in [1.29, 1.82) is 0 Å². The molecule has 3 aromatic rings. The zero-order valence-corrected chi connectivity index (χ0v) is 15.8. The van der Waals surface area contributed by atoms with Gasteiger partial charge in [-0.25, -0.2) is 18.7 Å². The molecule has 4 heterocycles. The quantitative estimate of drug-likeness (QED) is 0.587. The Morgan fingerprint density at radius 3 is 2.80 bits per heavy atom. The second-order valence-corrected chi connectivity index (χ2v) is 7.04. The van der Waals surface area contributed by atoms with Crippen molar-refractivity contribution < 1.29 is 27.1 Å². The average molecular weight is 426 g/mol. The highest BCUT2D eigenvalue weighted by Gasteiger charge is 2.29. The number of imidazole rings is 1. The van der Waals surface area contributed by atoms with Gasteiger partial charge in [0.2, 0.25) is 11.8 Å². The molecule has 0 aromatic carbocycles. The van der Waals surface area contributed by atoms with Gasteiger partial charge >= 0.3 is 6.55 Å². The molecule has 0 bridgehead atoms. The van der Waals surface area contributed by atoms with Crippen molar-refractivity contribution in [3.8, 4) is 17.1 Å². The fraction of sp³-hybridized carbons (Fsp3) is 0.444. The smallest absolute Gasteiger partial charge is 0.320 e. The summed E-state index contributed by atoms with van der Waals surface area (Å²) in [4.78, 5) is 19.8. The fourth-order valence-electron chi connectivity index (χ4n) is 3.37. The fourth-order valence-corrected chi connectivity index (χ4v) is 3.37. The molecule has 0 aliphatic carbocycles. The Morgan fingerprint density at radius 2 is 2.13 bits per heavy atom. The van der Waals surface area contributed by atoms with Crippen LogP contribution in [-0.4, -0.2) is 49.3 Å². The van der Waals surface area contributed by atoms with Crippen LogP contribution in [0.5, 0.6) is 5.88 Å². The van der Waals surface area contributed by atoms with Gasteiger partial charge in [0.05, 0.1) is 17.4 Å². The maximum Gasteiger partial charge on any atom is 0.320 e. The summed E-state index contributed by atoms with van der Waals surface area (Å²) >= 11 is 0. The lowest BCUT2D eigenvalue weighted by Crippen LogP contribution is -2.26. The number of rotatable bonds is 7. The second-order valence-electron chi connectivity index (χ2n) is 7.04. The molecule has 160 valence electrons. The minimum absolute atomic E-state index is 0.0119. The van der Waals surface area contributed by atoms with Crippen LogP contribution in [0.25, 0.3) is 22.3 Å². The van der Waals surface area contributed by atoms with Gasteiger partial charge in [0.1, 0.15) is 24.5 Å². The van der Waals surface area contributed by atoms with Gasteiger partial charge in [-0.15, -0.1) is 0 Å². The Hall–Kier alpha value is -3.18. The lowest BCUT2D eigenvalue weighted by atomic mass is 10.0. The number of nitrogens with one attached hydrogen (secondary N) is 1. The van der Waals surface area contributed by atoms with Crippen LogP contribution in [0, 0.1) is 5.92 Å². The zero-order chi connectivity index (χ0) is 21.4. The molecular formula is C18H18F4N6O2. The molecule has 30 heavy (non-hydrogen) atoms. The first-order chi connectivity index (χ1) is 14.3. The highest BCUT2D eigenvalue weighted by Crippen LogP contribution is 2.33. The molecule has 1 fully saturated rings. The van der Waals surface area contributed by atoms with Crippen LogP contribution >= 0.6 is 0 Å². The third kappa shape index (κ3) is 3.94. The zero-order valence-electron chi connectivity index (χ0n) is 15.8. The molecule has 2 atom stereocenters. The van der Waals surface area contributed by atoms with Crippen molar-refractivity contribution in [2.24, 2.45) is 5.92 Å². The van der Waals surface area contributed by atoms with E-state index >= 15 is 0 Å². The first kappa shape index (κ1) is 20.1. The molecule has 0 spiro atoms. The summed E-state index contributed by atoms with van der Waals surface area (Å²) in [5.41, 5.74) is 0.937. The van der Waals surface area contributed by atoms with Gasteiger partial charge < -0.3 is 10.1 Å². The van der Waals surface area contributed by atoms with E-state index in [0.717, 1.165) is 11.0 Å². The predicted octanol–water partition coefficient (Wildman–Crippen LogP) is 2.86. The molecule has 1 aliphatic rings. The maximum atomic E-state index is 13.4. The molecule has 0 radical (unpaired) electrons. The van der Waals surface area contributed by atoms with E-state index in [4.69, 9.17) is 4.74 Å². The van der Waals surface area contributed by atoms with Crippen LogP contribution in [0.2, 0.25) is 0 Å². The minimum Gasteiger partial charge on any atom is -0.473 e. The van der Waals surface area contributed by atoms with Crippen LogP contribution in [0.4, 0.5) is 17.6 Å². The number of fused-ring (bicyclic) bond motifs is 1. The number of carbonyl (C=O) groups excluding carboxylic acids is 1.